The lowest BCUT2D eigenvalue weighted by atomic mass is 10.1. The van der Waals surface area contributed by atoms with E-state index < -0.39 is 0 Å². The van der Waals surface area contributed by atoms with Gasteiger partial charge in [-0.15, -0.1) is 0 Å². The van der Waals surface area contributed by atoms with E-state index in [1.807, 2.05) is 18.2 Å². The predicted molar refractivity (Wildman–Crippen MR) is 70.7 cm³/mol. The van der Waals surface area contributed by atoms with Gasteiger partial charge in [0.2, 0.25) is 0 Å². The van der Waals surface area contributed by atoms with Crippen molar-refractivity contribution in [1.29, 1.82) is 0 Å². The molecule has 1 N–H and O–H groups in total. The van der Waals surface area contributed by atoms with Gasteiger partial charge >= 0.3 is 0 Å². The molecule has 1 aliphatic heterocycles. The number of hydrogen-bond donors (Lipinski definition) is 1. The minimum Gasteiger partial charge on any atom is -0.496 e. The van der Waals surface area contributed by atoms with Crippen molar-refractivity contribution in [3.05, 3.63) is 18.2 Å². The Hall–Kier alpha value is -1.42. The number of nitrogens with one attached hydrogen (secondary N) is 1. The first-order valence-electron chi connectivity index (χ1n) is 6.41. The zero-order valence-electron chi connectivity index (χ0n) is 11.1. The van der Waals surface area contributed by atoms with Crippen LogP contribution in [0.3, 0.4) is 0 Å². The Kier molecular flexibility index (Phi) is 4.70. The Labute approximate surface area is 108 Å². The number of methoxy groups -OCH3 is 2. The van der Waals surface area contributed by atoms with E-state index in [4.69, 9.17) is 14.2 Å². The van der Waals surface area contributed by atoms with Crippen molar-refractivity contribution in [3.8, 4) is 17.2 Å². The van der Waals surface area contributed by atoms with E-state index in [1.165, 1.54) is 19.3 Å². The summed E-state index contributed by atoms with van der Waals surface area (Å²) in [5.41, 5.74) is 0. The number of rotatable bonds is 5. The van der Waals surface area contributed by atoms with E-state index in [1.54, 1.807) is 14.2 Å². The van der Waals surface area contributed by atoms with Gasteiger partial charge in [0.05, 0.1) is 14.2 Å². The zero-order chi connectivity index (χ0) is 12.8. The third kappa shape index (κ3) is 3.53. The summed E-state index contributed by atoms with van der Waals surface area (Å²) < 4.78 is 16.2. The number of piperidine rings is 1. The van der Waals surface area contributed by atoms with Gasteiger partial charge in [-0.2, -0.15) is 0 Å². The molecule has 0 bridgehead atoms. The molecule has 1 unspecified atom stereocenters. The maximum atomic E-state index is 5.81. The van der Waals surface area contributed by atoms with Crippen molar-refractivity contribution >= 4 is 0 Å². The van der Waals surface area contributed by atoms with Gasteiger partial charge in [-0.3, -0.25) is 0 Å². The molecule has 0 radical (unpaired) electrons. The van der Waals surface area contributed by atoms with Gasteiger partial charge in [-0.25, -0.2) is 0 Å². The maximum Gasteiger partial charge on any atom is 0.126 e. The molecule has 18 heavy (non-hydrogen) atoms. The summed E-state index contributed by atoms with van der Waals surface area (Å²) in [6.07, 6.45) is 3.73. The Morgan fingerprint density at radius 3 is 2.28 bits per heavy atom. The second kappa shape index (κ2) is 6.50. The fourth-order valence-electron chi connectivity index (χ4n) is 2.13. The second-order valence-electron chi connectivity index (χ2n) is 4.51. The van der Waals surface area contributed by atoms with E-state index in [0.717, 1.165) is 23.8 Å². The van der Waals surface area contributed by atoms with Crippen molar-refractivity contribution in [2.45, 2.75) is 25.3 Å². The first-order valence-corrected chi connectivity index (χ1v) is 6.41. The normalized spacial score (nSPS) is 19.3. The summed E-state index contributed by atoms with van der Waals surface area (Å²) in [5, 5.41) is 3.46. The molecule has 1 aromatic rings. The standard InChI is InChI=1S/C14H21NO3/c1-16-12-7-13(17-2)9-14(8-12)18-10-11-5-3-4-6-15-11/h7-9,11,15H,3-6,10H2,1-2H3. The highest BCUT2D eigenvalue weighted by Gasteiger charge is 2.13. The van der Waals surface area contributed by atoms with Crippen molar-refractivity contribution < 1.29 is 14.2 Å². The van der Waals surface area contributed by atoms with Gasteiger partial charge < -0.3 is 19.5 Å². The number of hydrogen-bond acceptors (Lipinski definition) is 4. The van der Waals surface area contributed by atoms with Gasteiger partial charge in [0.15, 0.2) is 0 Å². The highest BCUT2D eigenvalue weighted by molar-refractivity contribution is 5.42. The average molecular weight is 251 g/mol. The Morgan fingerprint density at radius 2 is 1.72 bits per heavy atom. The minimum atomic E-state index is 0.455. The van der Waals surface area contributed by atoms with Crippen LogP contribution in [0.1, 0.15) is 19.3 Å². The third-order valence-electron chi connectivity index (χ3n) is 3.19. The largest absolute Gasteiger partial charge is 0.496 e. The van der Waals surface area contributed by atoms with E-state index in [9.17, 15) is 0 Å². The van der Waals surface area contributed by atoms with Crippen LogP contribution in [-0.2, 0) is 0 Å². The third-order valence-corrected chi connectivity index (χ3v) is 3.19. The fraction of sp³-hybridized carbons (Fsp3) is 0.571. The number of ether oxygens (including phenoxy) is 3. The van der Waals surface area contributed by atoms with Gasteiger partial charge in [0, 0.05) is 24.2 Å². The summed E-state index contributed by atoms with van der Waals surface area (Å²) in [5.74, 6) is 2.29. The quantitative estimate of drug-likeness (QED) is 0.871. The average Bonchev–Trinajstić information content (AvgIpc) is 2.45. The van der Waals surface area contributed by atoms with E-state index in [-0.39, 0.29) is 0 Å². The molecule has 1 fully saturated rings. The van der Waals surface area contributed by atoms with Gasteiger partial charge in [-0.05, 0) is 19.4 Å². The van der Waals surface area contributed by atoms with E-state index in [0.29, 0.717) is 12.6 Å². The molecule has 2 rings (SSSR count). The maximum absolute atomic E-state index is 5.81. The van der Waals surface area contributed by atoms with Crippen LogP contribution >= 0.6 is 0 Å². The molecule has 1 heterocycles. The van der Waals surface area contributed by atoms with Crippen LogP contribution in [0, 0.1) is 0 Å². The molecule has 100 valence electrons. The molecule has 1 atom stereocenters. The van der Waals surface area contributed by atoms with Gasteiger partial charge in [0.1, 0.15) is 23.9 Å². The predicted octanol–water partition coefficient (Wildman–Crippen LogP) is 2.22. The van der Waals surface area contributed by atoms with Gasteiger partial charge in [0.25, 0.3) is 0 Å². The lowest BCUT2D eigenvalue weighted by Gasteiger charge is -2.23. The fourth-order valence-corrected chi connectivity index (χ4v) is 2.13. The molecule has 4 nitrogen and oxygen atoms in total. The molecule has 4 heteroatoms. The summed E-state index contributed by atoms with van der Waals surface area (Å²) in [6, 6.07) is 6.05. The van der Waals surface area contributed by atoms with Crippen LogP contribution in [0.15, 0.2) is 18.2 Å². The van der Waals surface area contributed by atoms with Crippen molar-refractivity contribution in [1.82, 2.24) is 5.32 Å². The van der Waals surface area contributed by atoms with Crippen molar-refractivity contribution in [2.24, 2.45) is 0 Å². The lowest BCUT2D eigenvalue weighted by Crippen LogP contribution is -2.38. The smallest absolute Gasteiger partial charge is 0.126 e. The molecule has 1 saturated heterocycles. The summed E-state index contributed by atoms with van der Waals surface area (Å²) >= 11 is 0. The van der Waals surface area contributed by atoms with Gasteiger partial charge in [-0.1, -0.05) is 6.42 Å². The molecule has 0 aromatic heterocycles. The molecule has 1 aliphatic rings. The molecule has 0 spiro atoms. The summed E-state index contributed by atoms with van der Waals surface area (Å²) in [7, 11) is 3.28. The minimum absolute atomic E-state index is 0.455. The molecule has 0 amide bonds. The van der Waals surface area contributed by atoms with Crippen LogP contribution in [0.4, 0.5) is 0 Å². The molecular formula is C14H21NO3. The van der Waals surface area contributed by atoms with Crippen LogP contribution < -0.4 is 19.5 Å². The first kappa shape index (κ1) is 13.0. The lowest BCUT2D eigenvalue weighted by molar-refractivity contribution is 0.237. The van der Waals surface area contributed by atoms with Crippen molar-refractivity contribution in [2.75, 3.05) is 27.4 Å². The number of benzene rings is 1. The van der Waals surface area contributed by atoms with Crippen molar-refractivity contribution in [3.63, 3.8) is 0 Å². The van der Waals surface area contributed by atoms with Crippen LogP contribution in [0.25, 0.3) is 0 Å². The van der Waals surface area contributed by atoms with E-state index in [2.05, 4.69) is 5.32 Å². The highest BCUT2D eigenvalue weighted by atomic mass is 16.5. The van der Waals surface area contributed by atoms with E-state index >= 15 is 0 Å². The molecule has 1 aromatic carbocycles. The Bertz CT molecular complexity index is 353. The first-order chi connectivity index (χ1) is 8.81. The summed E-state index contributed by atoms with van der Waals surface area (Å²) in [6.45, 7) is 1.78. The molecule has 0 aliphatic carbocycles. The Balaban J connectivity index is 1.94. The van der Waals surface area contributed by atoms with Crippen LogP contribution in [0.2, 0.25) is 0 Å². The zero-order valence-corrected chi connectivity index (χ0v) is 11.1. The summed E-state index contributed by atoms with van der Waals surface area (Å²) in [4.78, 5) is 0. The second-order valence-corrected chi connectivity index (χ2v) is 4.51. The topological polar surface area (TPSA) is 39.7 Å². The van der Waals surface area contributed by atoms with Crippen LogP contribution in [0.5, 0.6) is 17.2 Å². The highest BCUT2D eigenvalue weighted by Crippen LogP contribution is 2.27. The molecule has 0 saturated carbocycles. The van der Waals surface area contributed by atoms with Crippen LogP contribution in [-0.4, -0.2) is 33.4 Å². The molecular weight excluding hydrogens is 230 g/mol. The monoisotopic (exact) mass is 251 g/mol. The SMILES string of the molecule is COc1cc(OC)cc(OCC2CCCCN2)c1. The Morgan fingerprint density at radius 1 is 1.06 bits per heavy atom.